The molecule has 0 atom stereocenters. The van der Waals surface area contributed by atoms with E-state index in [2.05, 4.69) is 6.07 Å². The molecule has 0 radical (unpaired) electrons. The molecule has 2 aromatic carbocycles. The van der Waals surface area contributed by atoms with Crippen molar-refractivity contribution in [1.82, 2.24) is 0 Å². The highest BCUT2D eigenvalue weighted by atomic mass is 16.5. The molecule has 3 nitrogen and oxygen atoms in total. The van der Waals surface area contributed by atoms with E-state index in [1.807, 2.05) is 42.5 Å². The predicted molar refractivity (Wildman–Crippen MR) is 81.6 cm³/mol. The average Bonchev–Trinajstić information content (AvgIpc) is 3.27. The van der Waals surface area contributed by atoms with Crippen molar-refractivity contribution in [2.75, 3.05) is 7.11 Å². The Hall–Kier alpha value is -2.29. The molecule has 3 heteroatoms. The fourth-order valence-corrected chi connectivity index (χ4v) is 2.89. The Morgan fingerprint density at radius 3 is 2.48 bits per heavy atom. The van der Waals surface area contributed by atoms with E-state index >= 15 is 0 Å². The van der Waals surface area contributed by atoms with Gasteiger partial charge in [0.15, 0.2) is 0 Å². The third-order valence-electron chi connectivity index (χ3n) is 4.24. The summed E-state index contributed by atoms with van der Waals surface area (Å²) in [5.41, 5.74) is 3.03. The Morgan fingerprint density at radius 2 is 1.90 bits per heavy atom. The molecule has 21 heavy (non-hydrogen) atoms. The highest BCUT2D eigenvalue weighted by molar-refractivity contribution is 5.74. The summed E-state index contributed by atoms with van der Waals surface area (Å²) in [4.78, 5) is 11.1. The predicted octanol–water partition coefficient (Wildman–Crippen LogP) is 3.87. The maximum absolute atomic E-state index is 11.1. The van der Waals surface area contributed by atoms with Crippen LogP contribution in [0.2, 0.25) is 0 Å². The van der Waals surface area contributed by atoms with E-state index in [4.69, 9.17) is 9.84 Å². The van der Waals surface area contributed by atoms with E-state index in [0.717, 1.165) is 35.3 Å². The van der Waals surface area contributed by atoms with Gasteiger partial charge in [-0.15, -0.1) is 0 Å². The molecular formula is C18H18O3. The van der Waals surface area contributed by atoms with Crippen LogP contribution in [0.4, 0.5) is 0 Å². The van der Waals surface area contributed by atoms with E-state index in [9.17, 15) is 4.79 Å². The van der Waals surface area contributed by atoms with E-state index in [1.54, 1.807) is 7.11 Å². The van der Waals surface area contributed by atoms with Crippen molar-refractivity contribution in [3.63, 3.8) is 0 Å². The average molecular weight is 282 g/mol. The van der Waals surface area contributed by atoms with Crippen molar-refractivity contribution in [3.8, 4) is 16.9 Å². The van der Waals surface area contributed by atoms with Crippen LogP contribution in [0.3, 0.4) is 0 Å². The number of aliphatic carboxylic acids is 1. The third-order valence-corrected chi connectivity index (χ3v) is 4.24. The van der Waals surface area contributed by atoms with Crippen LogP contribution < -0.4 is 4.74 Å². The van der Waals surface area contributed by atoms with Crippen LogP contribution in [0.1, 0.15) is 24.8 Å². The summed E-state index contributed by atoms with van der Waals surface area (Å²) in [5, 5.41) is 9.11. The largest absolute Gasteiger partial charge is 0.496 e. The van der Waals surface area contributed by atoms with E-state index in [1.165, 1.54) is 0 Å². The molecule has 0 bridgehead atoms. The lowest BCUT2D eigenvalue weighted by atomic mass is 9.89. The molecule has 0 heterocycles. The number of carboxylic acid groups (broad SMARTS) is 1. The Bertz CT molecular complexity index is 657. The van der Waals surface area contributed by atoms with Crippen LogP contribution >= 0.6 is 0 Å². The first-order valence-electron chi connectivity index (χ1n) is 7.10. The smallest absolute Gasteiger partial charge is 0.304 e. The normalized spacial score (nSPS) is 15.5. The fourth-order valence-electron chi connectivity index (χ4n) is 2.89. The van der Waals surface area contributed by atoms with E-state index in [-0.39, 0.29) is 11.8 Å². The zero-order valence-corrected chi connectivity index (χ0v) is 12.0. The van der Waals surface area contributed by atoms with Crippen LogP contribution in [0.5, 0.6) is 5.75 Å². The van der Waals surface area contributed by atoms with Crippen LogP contribution in [-0.2, 0) is 10.2 Å². The van der Waals surface area contributed by atoms with Gasteiger partial charge in [-0.3, -0.25) is 4.79 Å². The van der Waals surface area contributed by atoms with Crippen LogP contribution in [0.15, 0.2) is 48.5 Å². The molecule has 0 amide bonds. The lowest BCUT2D eigenvalue weighted by Gasteiger charge is -2.17. The zero-order valence-electron chi connectivity index (χ0n) is 12.0. The quantitative estimate of drug-likeness (QED) is 0.905. The lowest BCUT2D eigenvalue weighted by Crippen LogP contribution is -2.13. The third kappa shape index (κ3) is 2.64. The molecule has 1 N–H and O–H groups in total. The first-order chi connectivity index (χ1) is 10.1. The van der Waals surface area contributed by atoms with E-state index in [0.29, 0.717) is 0 Å². The molecule has 1 fully saturated rings. The Balaban J connectivity index is 2.04. The van der Waals surface area contributed by atoms with E-state index < -0.39 is 5.97 Å². The summed E-state index contributed by atoms with van der Waals surface area (Å²) in [6.07, 6.45) is 2.09. The van der Waals surface area contributed by atoms with Gasteiger partial charge in [0.1, 0.15) is 5.75 Å². The van der Waals surface area contributed by atoms with Crippen LogP contribution in [0, 0.1) is 0 Å². The molecule has 0 aromatic heterocycles. The van der Waals surface area contributed by atoms with Gasteiger partial charge in [-0.2, -0.15) is 0 Å². The number of hydrogen-bond donors (Lipinski definition) is 1. The van der Waals surface area contributed by atoms with Gasteiger partial charge in [0.05, 0.1) is 13.5 Å². The molecule has 0 unspecified atom stereocenters. The fraction of sp³-hybridized carbons (Fsp3) is 0.278. The van der Waals surface area contributed by atoms with Crippen molar-refractivity contribution in [3.05, 3.63) is 54.1 Å². The standard InChI is InChI=1S/C18H18O3/c1-21-16-8-7-14(18(9-10-18)12-17(19)20)11-15(16)13-5-3-2-4-6-13/h2-8,11H,9-10,12H2,1H3,(H,19,20). The molecule has 108 valence electrons. The van der Waals surface area contributed by atoms with Crippen LogP contribution in [-0.4, -0.2) is 18.2 Å². The molecule has 1 aliphatic rings. The Labute approximate surface area is 124 Å². The summed E-state index contributed by atoms with van der Waals surface area (Å²) in [6, 6.07) is 16.1. The summed E-state index contributed by atoms with van der Waals surface area (Å²) >= 11 is 0. The van der Waals surface area contributed by atoms with Crippen molar-refractivity contribution in [2.24, 2.45) is 0 Å². The molecule has 1 aliphatic carbocycles. The second kappa shape index (κ2) is 5.24. The maximum atomic E-state index is 11.1. The molecule has 0 saturated heterocycles. The second-order valence-electron chi connectivity index (χ2n) is 5.63. The SMILES string of the molecule is COc1ccc(C2(CC(=O)O)CC2)cc1-c1ccccc1. The van der Waals surface area contributed by atoms with Gasteiger partial charge in [0, 0.05) is 11.0 Å². The Morgan fingerprint density at radius 1 is 1.19 bits per heavy atom. The monoisotopic (exact) mass is 282 g/mol. The number of hydrogen-bond acceptors (Lipinski definition) is 2. The first-order valence-corrected chi connectivity index (χ1v) is 7.10. The van der Waals surface area contributed by atoms with Gasteiger partial charge in [0.25, 0.3) is 0 Å². The van der Waals surface area contributed by atoms with Gasteiger partial charge in [-0.1, -0.05) is 36.4 Å². The maximum Gasteiger partial charge on any atom is 0.304 e. The highest BCUT2D eigenvalue weighted by Gasteiger charge is 2.46. The minimum Gasteiger partial charge on any atom is -0.496 e. The van der Waals surface area contributed by atoms with Gasteiger partial charge in [-0.05, 0) is 36.1 Å². The number of ether oxygens (including phenoxy) is 1. The van der Waals surface area contributed by atoms with Gasteiger partial charge in [-0.25, -0.2) is 0 Å². The molecule has 0 spiro atoms. The number of carbonyl (C=O) groups is 1. The Kier molecular flexibility index (Phi) is 3.42. The summed E-state index contributed by atoms with van der Waals surface area (Å²) in [7, 11) is 1.66. The molecule has 3 rings (SSSR count). The molecule has 0 aliphatic heterocycles. The number of benzene rings is 2. The minimum absolute atomic E-state index is 0.179. The summed E-state index contributed by atoms with van der Waals surface area (Å²) in [5.74, 6) is 0.0839. The summed E-state index contributed by atoms with van der Waals surface area (Å²) < 4.78 is 5.45. The highest BCUT2D eigenvalue weighted by Crippen LogP contribution is 2.52. The van der Waals surface area contributed by atoms with Crippen LogP contribution in [0.25, 0.3) is 11.1 Å². The van der Waals surface area contributed by atoms with Crippen molar-refractivity contribution < 1.29 is 14.6 Å². The van der Waals surface area contributed by atoms with Crippen molar-refractivity contribution in [2.45, 2.75) is 24.7 Å². The molecular weight excluding hydrogens is 264 g/mol. The summed E-state index contributed by atoms with van der Waals surface area (Å²) in [6.45, 7) is 0. The minimum atomic E-state index is -0.732. The first kappa shape index (κ1) is 13.7. The lowest BCUT2D eigenvalue weighted by molar-refractivity contribution is -0.137. The number of methoxy groups -OCH3 is 1. The topological polar surface area (TPSA) is 46.5 Å². The van der Waals surface area contributed by atoms with Gasteiger partial charge >= 0.3 is 5.97 Å². The zero-order chi connectivity index (χ0) is 14.9. The van der Waals surface area contributed by atoms with Crippen molar-refractivity contribution in [1.29, 1.82) is 0 Å². The molecule has 2 aromatic rings. The van der Waals surface area contributed by atoms with Gasteiger partial charge < -0.3 is 9.84 Å². The number of carboxylic acids is 1. The number of rotatable bonds is 5. The molecule has 1 saturated carbocycles. The second-order valence-corrected chi connectivity index (χ2v) is 5.63. The van der Waals surface area contributed by atoms with Gasteiger partial charge in [0.2, 0.25) is 0 Å². The van der Waals surface area contributed by atoms with Crippen molar-refractivity contribution >= 4 is 5.97 Å².